The first-order valence-corrected chi connectivity index (χ1v) is 8.24. The lowest BCUT2D eigenvalue weighted by Crippen LogP contribution is -2.19. The molecule has 1 fully saturated rings. The Hall–Kier alpha value is -1.86. The van der Waals surface area contributed by atoms with E-state index < -0.39 is 0 Å². The molecule has 1 aliphatic rings. The molecule has 0 saturated carbocycles. The highest BCUT2D eigenvalue weighted by molar-refractivity contribution is 7.19. The van der Waals surface area contributed by atoms with Gasteiger partial charge >= 0.3 is 6.03 Å². The average molecular weight is 338 g/mol. The quantitative estimate of drug-likeness (QED) is 0.895. The van der Waals surface area contributed by atoms with Crippen molar-refractivity contribution in [3.8, 4) is 0 Å². The van der Waals surface area contributed by atoms with E-state index in [2.05, 4.69) is 25.7 Å². The second kappa shape index (κ2) is 6.50. The minimum atomic E-state index is -0.352. The maximum atomic E-state index is 12.0. The molecule has 0 unspecified atom stereocenters. The number of urea groups is 1. The van der Waals surface area contributed by atoms with Gasteiger partial charge in [0.15, 0.2) is 0 Å². The molecule has 116 valence electrons. The van der Waals surface area contributed by atoms with E-state index in [1.807, 2.05) is 13.0 Å². The number of benzene rings is 1. The number of halogens is 1. The standard InChI is InChI=1S/C14H16ClN5OS/c1-9-4-5-10(15)8-11(9)16-12(21)17-13-18-19-14(22-13)20-6-2-3-7-20/h4-5,8H,2-3,6-7H2,1H3,(H2,16,17,18,21). The number of hydrogen-bond donors (Lipinski definition) is 2. The summed E-state index contributed by atoms with van der Waals surface area (Å²) in [7, 11) is 0. The summed E-state index contributed by atoms with van der Waals surface area (Å²) in [6, 6.07) is 5.00. The van der Waals surface area contributed by atoms with Gasteiger partial charge < -0.3 is 10.2 Å². The van der Waals surface area contributed by atoms with Crippen LogP contribution in [0, 0.1) is 6.92 Å². The molecule has 0 radical (unpaired) electrons. The van der Waals surface area contributed by atoms with E-state index in [-0.39, 0.29) is 6.03 Å². The molecule has 22 heavy (non-hydrogen) atoms. The van der Waals surface area contributed by atoms with Crippen LogP contribution in [0.3, 0.4) is 0 Å². The van der Waals surface area contributed by atoms with Crippen LogP contribution in [0.2, 0.25) is 5.02 Å². The van der Waals surface area contributed by atoms with Crippen molar-refractivity contribution in [3.63, 3.8) is 0 Å². The third-order valence-electron chi connectivity index (χ3n) is 3.46. The topological polar surface area (TPSA) is 70.1 Å². The van der Waals surface area contributed by atoms with Crippen LogP contribution in [-0.2, 0) is 0 Å². The van der Waals surface area contributed by atoms with Gasteiger partial charge in [-0.05, 0) is 37.5 Å². The third-order valence-corrected chi connectivity index (χ3v) is 4.59. The summed E-state index contributed by atoms with van der Waals surface area (Å²) in [6.45, 7) is 3.91. The molecule has 3 rings (SSSR count). The van der Waals surface area contributed by atoms with Crippen molar-refractivity contribution in [2.24, 2.45) is 0 Å². The lowest BCUT2D eigenvalue weighted by molar-refractivity contribution is 0.262. The van der Waals surface area contributed by atoms with Crippen LogP contribution >= 0.6 is 22.9 Å². The number of rotatable bonds is 3. The highest BCUT2D eigenvalue weighted by Crippen LogP contribution is 2.27. The molecule has 1 aliphatic heterocycles. The number of carbonyl (C=O) groups is 1. The molecule has 0 atom stereocenters. The van der Waals surface area contributed by atoms with Crippen molar-refractivity contribution < 1.29 is 4.79 Å². The molecule has 6 nitrogen and oxygen atoms in total. The van der Waals surface area contributed by atoms with E-state index >= 15 is 0 Å². The van der Waals surface area contributed by atoms with Crippen molar-refractivity contribution in [1.29, 1.82) is 0 Å². The largest absolute Gasteiger partial charge is 0.347 e. The van der Waals surface area contributed by atoms with Crippen molar-refractivity contribution in [1.82, 2.24) is 10.2 Å². The SMILES string of the molecule is Cc1ccc(Cl)cc1NC(=O)Nc1nnc(N2CCCC2)s1. The minimum Gasteiger partial charge on any atom is -0.347 e. The molecule has 0 spiro atoms. The van der Waals surface area contributed by atoms with Crippen LogP contribution < -0.4 is 15.5 Å². The van der Waals surface area contributed by atoms with Gasteiger partial charge in [0.25, 0.3) is 0 Å². The molecule has 1 aromatic heterocycles. The molecule has 2 amide bonds. The minimum absolute atomic E-state index is 0.352. The lowest BCUT2D eigenvalue weighted by Gasteiger charge is -2.11. The molecule has 1 saturated heterocycles. The van der Waals surface area contributed by atoms with Crippen LogP contribution in [0.25, 0.3) is 0 Å². The second-order valence-corrected chi connectivity index (χ2v) is 6.51. The molecular weight excluding hydrogens is 322 g/mol. The van der Waals surface area contributed by atoms with E-state index in [0.29, 0.717) is 15.8 Å². The summed E-state index contributed by atoms with van der Waals surface area (Å²) in [4.78, 5) is 14.2. The van der Waals surface area contributed by atoms with Crippen LogP contribution in [-0.4, -0.2) is 29.3 Å². The molecule has 0 bridgehead atoms. The number of carbonyl (C=O) groups excluding carboxylic acids is 1. The zero-order valence-electron chi connectivity index (χ0n) is 12.1. The van der Waals surface area contributed by atoms with Gasteiger partial charge in [-0.15, -0.1) is 10.2 Å². The first-order valence-electron chi connectivity index (χ1n) is 7.04. The van der Waals surface area contributed by atoms with E-state index in [1.165, 1.54) is 24.2 Å². The molecule has 1 aromatic carbocycles. The Kier molecular flexibility index (Phi) is 4.44. The fraction of sp³-hybridized carbons (Fsp3) is 0.357. The second-order valence-electron chi connectivity index (χ2n) is 5.12. The molecular formula is C14H16ClN5OS. The van der Waals surface area contributed by atoms with Gasteiger partial charge in [0.2, 0.25) is 10.3 Å². The molecule has 2 heterocycles. The van der Waals surface area contributed by atoms with Crippen molar-refractivity contribution in [3.05, 3.63) is 28.8 Å². The molecule has 2 N–H and O–H groups in total. The first kappa shape index (κ1) is 15.1. The maximum Gasteiger partial charge on any atom is 0.325 e. The van der Waals surface area contributed by atoms with Crippen molar-refractivity contribution in [2.45, 2.75) is 19.8 Å². The number of nitrogens with zero attached hydrogens (tertiary/aromatic N) is 3. The van der Waals surface area contributed by atoms with Crippen LogP contribution in [0.5, 0.6) is 0 Å². The Balaban J connectivity index is 1.63. The van der Waals surface area contributed by atoms with Gasteiger partial charge in [-0.1, -0.05) is 29.0 Å². The zero-order valence-corrected chi connectivity index (χ0v) is 13.7. The summed E-state index contributed by atoms with van der Waals surface area (Å²) < 4.78 is 0. The average Bonchev–Trinajstić information content (AvgIpc) is 3.13. The smallest absolute Gasteiger partial charge is 0.325 e. The maximum absolute atomic E-state index is 12.0. The van der Waals surface area contributed by atoms with Crippen LogP contribution in [0.15, 0.2) is 18.2 Å². The van der Waals surface area contributed by atoms with Crippen LogP contribution in [0.1, 0.15) is 18.4 Å². The number of hydrogen-bond acceptors (Lipinski definition) is 5. The van der Waals surface area contributed by atoms with Crippen LogP contribution in [0.4, 0.5) is 20.7 Å². The van der Waals surface area contributed by atoms with Gasteiger partial charge in [-0.3, -0.25) is 5.32 Å². The predicted octanol–water partition coefficient (Wildman–Crippen LogP) is 3.74. The summed E-state index contributed by atoms with van der Waals surface area (Å²) in [5.41, 5.74) is 1.61. The Labute approximate surface area is 137 Å². The van der Waals surface area contributed by atoms with Crippen molar-refractivity contribution in [2.75, 3.05) is 28.6 Å². The van der Waals surface area contributed by atoms with E-state index in [4.69, 9.17) is 11.6 Å². The third kappa shape index (κ3) is 3.48. The summed E-state index contributed by atoms with van der Waals surface area (Å²) in [5.74, 6) is 0. The lowest BCUT2D eigenvalue weighted by atomic mass is 10.2. The van der Waals surface area contributed by atoms with Gasteiger partial charge in [-0.2, -0.15) is 0 Å². The molecule has 8 heteroatoms. The van der Waals surface area contributed by atoms with Gasteiger partial charge in [0.1, 0.15) is 0 Å². The number of anilines is 3. The fourth-order valence-corrected chi connectivity index (χ4v) is 3.25. The fourth-order valence-electron chi connectivity index (χ4n) is 2.28. The monoisotopic (exact) mass is 337 g/mol. The Morgan fingerprint density at radius 3 is 2.82 bits per heavy atom. The van der Waals surface area contributed by atoms with E-state index in [1.54, 1.807) is 12.1 Å². The Bertz CT molecular complexity index is 684. The Morgan fingerprint density at radius 2 is 2.05 bits per heavy atom. The summed E-state index contributed by atoms with van der Waals surface area (Å²) in [5, 5.41) is 15.5. The number of amides is 2. The first-order chi connectivity index (χ1) is 10.6. The predicted molar refractivity (Wildman–Crippen MR) is 90.2 cm³/mol. The molecule has 2 aromatic rings. The summed E-state index contributed by atoms with van der Waals surface area (Å²) in [6.07, 6.45) is 2.35. The number of aryl methyl sites for hydroxylation is 1. The number of aromatic nitrogens is 2. The van der Waals surface area contributed by atoms with Gasteiger partial charge in [0, 0.05) is 23.8 Å². The van der Waals surface area contributed by atoms with Gasteiger partial charge in [-0.25, -0.2) is 4.79 Å². The normalized spacial score (nSPS) is 14.2. The zero-order chi connectivity index (χ0) is 15.5. The summed E-state index contributed by atoms with van der Waals surface area (Å²) >= 11 is 7.32. The Morgan fingerprint density at radius 1 is 1.27 bits per heavy atom. The van der Waals surface area contributed by atoms with Gasteiger partial charge in [0.05, 0.1) is 0 Å². The van der Waals surface area contributed by atoms with Crippen molar-refractivity contribution >= 4 is 44.9 Å². The van der Waals surface area contributed by atoms with E-state index in [9.17, 15) is 4.79 Å². The highest BCUT2D eigenvalue weighted by Gasteiger charge is 2.17. The highest BCUT2D eigenvalue weighted by atomic mass is 35.5. The number of nitrogens with one attached hydrogen (secondary N) is 2. The molecule has 0 aliphatic carbocycles. The van der Waals surface area contributed by atoms with E-state index in [0.717, 1.165) is 23.8 Å².